The van der Waals surface area contributed by atoms with E-state index in [2.05, 4.69) is 26.8 Å². The molecule has 0 aliphatic heterocycles. The van der Waals surface area contributed by atoms with Gasteiger partial charge in [0.2, 0.25) is 0 Å². The van der Waals surface area contributed by atoms with Crippen LogP contribution in [0.3, 0.4) is 0 Å². The predicted molar refractivity (Wildman–Crippen MR) is 82.0 cm³/mol. The summed E-state index contributed by atoms with van der Waals surface area (Å²) < 4.78 is 4.87. The summed E-state index contributed by atoms with van der Waals surface area (Å²) in [5.74, 6) is 1.26. The lowest BCUT2D eigenvalue weighted by Gasteiger charge is -2.09. The number of carbonyl (C=O) groups excluding carboxylic acids is 1. The second-order valence-corrected chi connectivity index (χ2v) is 5.71. The third-order valence-corrected chi connectivity index (χ3v) is 3.03. The van der Waals surface area contributed by atoms with E-state index in [0.717, 1.165) is 17.9 Å². The zero-order valence-corrected chi connectivity index (χ0v) is 13.2. The van der Waals surface area contributed by atoms with Gasteiger partial charge in [-0.15, -0.1) is 0 Å². The van der Waals surface area contributed by atoms with Gasteiger partial charge >= 0.3 is 5.97 Å². The van der Waals surface area contributed by atoms with E-state index in [1.807, 2.05) is 19.9 Å². The van der Waals surface area contributed by atoms with E-state index in [4.69, 9.17) is 4.74 Å². The third-order valence-electron chi connectivity index (χ3n) is 3.03. The number of esters is 1. The number of allylic oxidation sites excluding steroid dienone is 3. The van der Waals surface area contributed by atoms with Gasteiger partial charge in [0.1, 0.15) is 0 Å². The molecule has 2 nitrogen and oxygen atoms in total. The number of hydrogen-bond donors (Lipinski definition) is 0. The van der Waals surface area contributed by atoms with Gasteiger partial charge < -0.3 is 4.74 Å². The van der Waals surface area contributed by atoms with Gasteiger partial charge in [-0.1, -0.05) is 52.2 Å². The van der Waals surface area contributed by atoms with E-state index >= 15 is 0 Å². The first-order chi connectivity index (χ1) is 8.95. The summed E-state index contributed by atoms with van der Waals surface area (Å²) in [5.41, 5.74) is 0.952. The van der Waals surface area contributed by atoms with Crippen molar-refractivity contribution in [3.05, 3.63) is 23.8 Å². The predicted octanol–water partition coefficient (Wildman–Crippen LogP) is 4.90. The number of ether oxygens (including phenoxy) is 1. The molecular weight excluding hydrogens is 236 g/mol. The molecule has 0 radical (unpaired) electrons. The summed E-state index contributed by atoms with van der Waals surface area (Å²) in [7, 11) is 0. The van der Waals surface area contributed by atoms with Crippen molar-refractivity contribution in [2.75, 3.05) is 6.61 Å². The van der Waals surface area contributed by atoms with Crippen LogP contribution in [-0.2, 0) is 9.53 Å². The Morgan fingerprint density at radius 2 is 1.89 bits per heavy atom. The van der Waals surface area contributed by atoms with E-state index in [1.165, 1.54) is 19.3 Å². The normalized spacial score (nSPS) is 14.1. The molecule has 0 aliphatic carbocycles. The highest BCUT2D eigenvalue weighted by Gasteiger charge is 2.01. The third kappa shape index (κ3) is 11.8. The molecular formula is C17H30O2. The highest BCUT2D eigenvalue weighted by atomic mass is 16.5. The molecule has 110 valence electrons. The second kappa shape index (κ2) is 10.8. The van der Waals surface area contributed by atoms with E-state index in [-0.39, 0.29) is 5.97 Å². The Kier molecular flexibility index (Phi) is 10.2. The molecule has 0 rings (SSSR count). The molecule has 0 saturated heterocycles. The maximum Gasteiger partial charge on any atom is 0.330 e. The zero-order valence-electron chi connectivity index (χ0n) is 13.2. The van der Waals surface area contributed by atoms with Crippen LogP contribution in [0.4, 0.5) is 0 Å². The standard InChI is InChI=1S/C17H30O2/c1-6-19-17(18)13-16(5)12-8-11-15(4)10-7-9-14(2)3/h8,12-15H,6-7,9-11H2,1-5H3/b12-8-,16-13+. The van der Waals surface area contributed by atoms with Crippen LogP contribution in [0.1, 0.15) is 60.3 Å². The van der Waals surface area contributed by atoms with Crippen molar-refractivity contribution in [3.8, 4) is 0 Å². The van der Waals surface area contributed by atoms with E-state index in [1.54, 1.807) is 6.08 Å². The minimum atomic E-state index is -0.255. The average Bonchev–Trinajstić information content (AvgIpc) is 2.28. The molecule has 1 unspecified atom stereocenters. The van der Waals surface area contributed by atoms with Gasteiger partial charge in [0.25, 0.3) is 0 Å². The summed E-state index contributed by atoms with van der Waals surface area (Å²) in [6, 6.07) is 0. The van der Waals surface area contributed by atoms with Gasteiger partial charge in [0.15, 0.2) is 0 Å². The van der Waals surface area contributed by atoms with Crippen molar-refractivity contribution >= 4 is 5.97 Å². The number of carbonyl (C=O) groups is 1. The van der Waals surface area contributed by atoms with Crippen molar-refractivity contribution in [2.45, 2.75) is 60.3 Å². The zero-order chi connectivity index (χ0) is 14.7. The molecule has 19 heavy (non-hydrogen) atoms. The van der Waals surface area contributed by atoms with Gasteiger partial charge in [0, 0.05) is 6.08 Å². The first kappa shape index (κ1) is 17.9. The van der Waals surface area contributed by atoms with Crippen molar-refractivity contribution in [2.24, 2.45) is 11.8 Å². The maximum absolute atomic E-state index is 11.2. The molecule has 0 aliphatic rings. The van der Waals surface area contributed by atoms with Gasteiger partial charge in [-0.05, 0) is 37.7 Å². The minimum absolute atomic E-state index is 0.255. The Labute approximate surface area is 118 Å². The molecule has 0 amide bonds. The summed E-state index contributed by atoms with van der Waals surface area (Å²) in [6.07, 6.45) is 10.7. The Hall–Kier alpha value is -1.05. The number of rotatable bonds is 9. The van der Waals surface area contributed by atoms with E-state index in [0.29, 0.717) is 12.5 Å². The lowest BCUT2D eigenvalue weighted by atomic mass is 9.97. The fourth-order valence-electron chi connectivity index (χ4n) is 1.90. The summed E-state index contributed by atoms with van der Waals surface area (Å²) in [5, 5.41) is 0. The van der Waals surface area contributed by atoms with Gasteiger partial charge in [-0.3, -0.25) is 0 Å². The van der Waals surface area contributed by atoms with Crippen LogP contribution >= 0.6 is 0 Å². The highest BCUT2D eigenvalue weighted by Crippen LogP contribution is 2.15. The molecule has 0 aromatic rings. The molecule has 0 heterocycles. The van der Waals surface area contributed by atoms with Crippen molar-refractivity contribution in [3.63, 3.8) is 0 Å². The Morgan fingerprint density at radius 3 is 2.47 bits per heavy atom. The summed E-state index contributed by atoms with van der Waals surface area (Å²) >= 11 is 0. The maximum atomic E-state index is 11.2. The monoisotopic (exact) mass is 266 g/mol. The van der Waals surface area contributed by atoms with Crippen LogP contribution in [0, 0.1) is 11.8 Å². The van der Waals surface area contributed by atoms with Crippen molar-refractivity contribution in [1.29, 1.82) is 0 Å². The SMILES string of the molecule is CCOC(=O)/C=C(C)/C=C\CC(C)CCCC(C)C. The average molecular weight is 266 g/mol. The van der Waals surface area contributed by atoms with Crippen LogP contribution in [0.25, 0.3) is 0 Å². The Balaban J connectivity index is 3.90. The molecule has 2 heteroatoms. The lowest BCUT2D eigenvalue weighted by molar-refractivity contribution is -0.137. The van der Waals surface area contributed by atoms with Crippen LogP contribution in [0.15, 0.2) is 23.8 Å². The van der Waals surface area contributed by atoms with Gasteiger partial charge in [0.05, 0.1) is 6.61 Å². The summed E-state index contributed by atoms with van der Waals surface area (Å²) in [6.45, 7) is 11.0. The lowest BCUT2D eigenvalue weighted by Crippen LogP contribution is -1.99. The van der Waals surface area contributed by atoms with Crippen LogP contribution in [0.2, 0.25) is 0 Å². The minimum Gasteiger partial charge on any atom is -0.463 e. The van der Waals surface area contributed by atoms with Gasteiger partial charge in [-0.2, -0.15) is 0 Å². The molecule has 0 saturated carbocycles. The van der Waals surface area contributed by atoms with E-state index < -0.39 is 0 Å². The van der Waals surface area contributed by atoms with E-state index in [9.17, 15) is 4.79 Å². The second-order valence-electron chi connectivity index (χ2n) is 5.71. The quantitative estimate of drug-likeness (QED) is 0.337. The Morgan fingerprint density at radius 1 is 1.21 bits per heavy atom. The molecule has 0 bridgehead atoms. The molecule has 0 aromatic carbocycles. The summed E-state index contributed by atoms with van der Waals surface area (Å²) in [4.78, 5) is 11.2. The van der Waals surface area contributed by atoms with Crippen LogP contribution in [-0.4, -0.2) is 12.6 Å². The van der Waals surface area contributed by atoms with Crippen molar-refractivity contribution < 1.29 is 9.53 Å². The van der Waals surface area contributed by atoms with Crippen LogP contribution < -0.4 is 0 Å². The first-order valence-electron chi connectivity index (χ1n) is 7.47. The molecule has 0 N–H and O–H groups in total. The number of hydrogen-bond acceptors (Lipinski definition) is 2. The molecule has 0 fully saturated rings. The van der Waals surface area contributed by atoms with Crippen molar-refractivity contribution in [1.82, 2.24) is 0 Å². The first-order valence-corrected chi connectivity index (χ1v) is 7.47. The van der Waals surface area contributed by atoms with Crippen LogP contribution in [0.5, 0.6) is 0 Å². The molecule has 1 atom stereocenters. The fourth-order valence-corrected chi connectivity index (χ4v) is 1.90. The molecule has 0 spiro atoms. The highest BCUT2D eigenvalue weighted by molar-refractivity contribution is 5.83. The molecule has 0 aromatic heterocycles. The largest absolute Gasteiger partial charge is 0.463 e. The smallest absolute Gasteiger partial charge is 0.330 e. The fraction of sp³-hybridized carbons (Fsp3) is 0.706. The topological polar surface area (TPSA) is 26.3 Å². The van der Waals surface area contributed by atoms with Gasteiger partial charge in [-0.25, -0.2) is 4.79 Å². The Bertz CT molecular complexity index is 300.